The Hall–Kier alpha value is -0.820. The number of nitrogens with zero attached hydrogens (tertiary/aromatic N) is 2. The molecule has 0 atom stereocenters. The summed E-state index contributed by atoms with van der Waals surface area (Å²) in [5.74, 6) is 0.536. The molecule has 1 N–H and O–H groups in total. The fraction of sp³-hybridized carbons (Fsp3) is 0.500. The summed E-state index contributed by atoms with van der Waals surface area (Å²) >= 11 is 1.37. The largest absolute Gasteiger partial charge is 0.401 e. The van der Waals surface area contributed by atoms with Crippen LogP contribution in [0.4, 0.5) is 13.2 Å². The normalized spacial score (nSPS) is 11.7. The molecular formula is C8H10F3N3S. The molecule has 0 unspecified atom stereocenters. The van der Waals surface area contributed by atoms with Crippen LogP contribution in [0.5, 0.6) is 0 Å². The summed E-state index contributed by atoms with van der Waals surface area (Å²) in [5.41, 5.74) is 0. The van der Waals surface area contributed by atoms with Gasteiger partial charge in [0.15, 0.2) is 0 Å². The molecule has 84 valence electrons. The van der Waals surface area contributed by atoms with Crippen LogP contribution < -0.4 is 5.32 Å². The van der Waals surface area contributed by atoms with Crippen LogP contribution in [0.1, 0.15) is 0 Å². The molecule has 0 bridgehead atoms. The molecule has 1 aromatic rings. The highest BCUT2D eigenvalue weighted by molar-refractivity contribution is 7.99. The van der Waals surface area contributed by atoms with Crippen LogP contribution in [0.15, 0.2) is 23.6 Å². The van der Waals surface area contributed by atoms with Crippen LogP contribution in [0, 0.1) is 0 Å². The number of nitrogens with one attached hydrogen (secondary N) is 1. The van der Waals surface area contributed by atoms with Crippen molar-refractivity contribution in [3.05, 3.63) is 18.6 Å². The zero-order valence-electron chi connectivity index (χ0n) is 7.79. The molecule has 0 aromatic carbocycles. The van der Waals surface area contributed by atoms with Gasteiger partial charge in [-0.2, -0.15) is 13.2 Å². The predicted molar refractivity (Wildman–Crippen MR) is 51.7 cm³/mol. The average Bonchev–Trinajstić information content (AvgIpc) is 2.17. The predicted octanol–water partition coefficient (Wildman–Crippen LogP) is 1.72. The van der Waals surface area contributed by atoms with Gasteiger partial charge in [0.05, 0.1) is 12.7 Å². The SMILES string of the molecule is FC(F)(F)CNCCSc1cnccn1. The van der Waals surface area contributed by atoms with Crippen LogP contribution in [-0.2, 0) is 0 Å². The van der Waals surface area contributed by atoms with Gasteiger partial charge in [-0.3, -0.25) is 4.98 Å². The average molecular weight is 237 g/mol. The monoisotopic (exact) mass is 237 g/mol. The van der Waals surface area contributed by atoms with Gasteiger partial charge in [0.25, 0.3) is 0 Å². The van der Waals surface area contributed by atoms with E-state index in [0.29, 0.717) is 17.3 Å². The molecule has 1 heterocycles. The Balaban J connectivity index is 2.08. The Morgan fingerprint density at radius 3 is 2.73 bits per heavy atom. The van der Waals surface area contributed by atoms with Gasteiger partial charge in [0, 0.05) is 24.7 Å². The summed E-state index contributed by atoms with van der Waals surface area (Å²) in [4.78, 5) is 7.81. The number of rotatable bonds is 5. The summed E-state index contributed by atoms with van der Waals surface area (Å²) in [5, 5.41) is 3.02. The smallest absolute Gasteiger partial charge is 0.308 e. The first-order chi connectivity index (χ1) is 7.08. The van der Waals surface area contributed by atoms with Gasteiger partial charge in [-0.05, 0) is 0 Å². The number of hydrogen-bond acceptors (Lipinski definition) is 4. The van der Waals surface area contributed by atoms with Gasteiger partial charge in [0.2, 0.25) is 0 Å². The van der Waals surface area contributed by atoms with E-state index in [1.807, 2.05) is 0 Å². The summed E-state index contributed by atoms with van der Waals surface area (Å²) in [6.07, 6.45) is 0.531. The Morgan fingerprint density at radius 1 is 1.33 bits per heavy atom. The third-order valence-corrected chi connectivity index (χ3v) is 2.31. The first-order valence-electron chi connectivity index (χ1n) is 4.24. The summed E-state index contributed by atoms with van der Waals surface area (Å²) in [6, 6.07) is 0. The van der Waals surface area contributed by atoms with E-state index in [1.165, 1.54) is 11.8 Å². The zero-order chi connectivity index (χ0) is 11.1. The minimum atomic E-state index is -4.14. The standard InChI is InChI=1S/C8H10F3N3S/c9-8(10,11)6-13-3-4-15-7-5-12-1-2-14-7/h1-2,5,13H,3-4,6H2. The Bertz CT molecular complexity index is 278. The lowest BCUT2D eigenvalue weighted by atomic mass is 10.6. The van der Waals surface area contributed by atoms with Gasteiger partial charge in [-0.15, -0.1) is 11.8 Å². The minimum absolute atomic E-state index is 0.292. The molecule has 0 saturated carbocycles. The van der Waals surface area contributed by atoms with E-state index < -0.39 is 12.7 Å². The van der Waals surface area contributed by atoms with Crippen LogP contribution in [-0.4, -0.2) is 35.0 Å². The topological polar surface area (TPSA) is 37.8 Å². The van der Waals surface area contributed by atoms with Gasteiger partial charge >= 0.3 is 6.18 Å². The molecule has 0 radical (unpaired) electrons. The molecule has 0 amide bonds. The molecule has 0 saturated heterocycles. The van der Waals surface area contributed by atoms with Crippen molar-refractivity contribution in [1.29, 1.82) is 0 Å². The van der Waals surface area contributed by atoms with Gasteiger partial charge in [0.1, 0.15) is 5.03 Å². The first-order valence-corrected chi connectivity index (χ1v) is 5.23. The molecule has 0 fully saturated rings. The van der Waals surface area contributed by atoms with Gasteiger partial charge in [-0.25, -0.2) is 4.98 Å². The van der Waals surface area contributed by atoms with Crippen LogP contribution in [0.2, 0.25) is 0 Å². The maximum Gasteiger partial charge on any atom is 0.401 e. The van der Waals surface area contributed by atoms with E-state index >= 15 is 0 Å². The third kappa shape index (κ3) is 6.29. The molecule has 0 spiro atoms. The number of hydrogen-bond donors (Lipinski definition) is 1. The highest BCUT2D eigenvalue weighted by Gasteiger charge is 2.25. The second-order valence-electron chi connectivity index (χ2n) is 2.68. The fourth-order valence-corrected chi connectivity index (χ4v) is 1.54. The van der Waals surface area contributed by atoms with Crippen molar-refractivity contribution in [2.75, 3.05) is 18.8 Å². The lowest BCUT2D eigenvalue weighted by Crippen LogP contribution is -2.30. The van der Waals surface area contributed by atoms with E-state index in [4.69, 9.17) is 0 Å². The highest BCUT2D eigenvalue weighted by Crippen LogP contribution is 2.13. The van der Waals surface area contributed by atoms with Crippen molar-refractivity contribution in [3.63, 3.8) is 0 Å². The number of alkyl halides is 3. The quantitative estimate of drug-likeness (QED) is 0.625. The molecule has 1 aromatic heterocycles. The molecular weight excluding hydrogens is 227 g/mol. The second-order valence-corrected chi connectivity index (χ2v) is 3.80. The molecule has 0 aliphatic carbocycles. The summed E-state index contributed by atoms with van der Waals surface area (Å²) < 4.78 is 35.1. The number of aromatic nitrogens is 2. The fourth-order valence-electron chi connectivity index (χ4n) is 0.818. The first kappa shape index (κ1) is 12.3. The highest BCUT2D eigenvalue weighted by atomic mass is 32.2. The maximum absolute atomic E-state index is 11.7. The van der Waals surface area contributed by atoms with Crippen LogP contribution in [0.3, 0.4) is 0 Å². The van der Waals surface area contributed by atoms with Crippen molar-refractivity contribution < 1.29 is 13.2 Å². The zero-order valence-corrected chi connectivity index (χ0v) is 8.61. The third-order valence-electron chi connectivity index (χ3n) is 1.39. The van der Waals surface area contributed by atoms with E-state index in [0.717, 1.165) is 0 Å². The van der Waals surface area contributed by atoms with E-state index in [9.17, 15) is 13.2 Å². The van der Waals surface area contributed by atoms with Crippen LogP contribution >= 0.6 is 11.8 Å². The molecule has 0 aliphatic heterocycles. The lowest BCUT2D eigenvalue weighted by molar-refractivity contribution is -0.124. The number of halogens is 3. The Morgan fingerprint density at radius 2 is 2.13 bits per heavy atom. The van der Waals surface area contributed by atoms with Crippen LogP contribution in [0.25, 0.3) is 0 Å². The van der Waals surface area contributed by atoms with Crippen molar-refractivity contribution in [2.45, 2.75) is 11.2 Å². The van der Waals surface area contributed by atoms with E-state index in [1.54, 1.807) is 18.6 Å². The molecule has 1 rings (SSSR count). The summed E-state index contributed by atoms with van der Waals surface area (Å²) in [7, 11) is 0. The Labute approximate surface area is 89.5 Å². The molecule has 15 heavy (non-hydrogen) atoms. The van der Waals surface area contributed by atoms with Crippen molar-refractivity contribution in [2.24, 2.45) is 0 Å². The van der Waals surface area contributed by atoms with Crippen molar-refractivity contribution >= 4 is 11.8 Å². The van der Waals surface area contributed by atoms with Crippen molar-refractivity contribution in [3.8, 4) is 0 Å². The maximum atomic E-state index is 11.7. The van der Waals surface area contributed by atoms with Gasteiger partial charge < -0.3 is 5.32 Å². The second kappa shape index (κ2) is 5.92. The summed E-state index contributed by atoms with van der Waals surface area (Å²) in [6.45, 7) is -0.658. The van der Waals surface area contributed by atoms with Gasteiger partial charge in [-0.1, -0.05) is 0 Å². The Kier molecular flexibility index (Phi) is 4.83. The molecule has 0 aliphatic rings. The van der Waals surface area contributed by atoms with E-state index in [2.05, 4.69) is 15.3 Å². The minimum Gasteiger partial charge on any atom is -0.308 e. The molecule has 7 heteroatoms. The lowest BCUT2D eigenvalue weighted by Gasteiger charge is -2.07. The van der Waals surface area contributed by atoms with Crippen molar-refractivity contribution in [1.82, 2.24) is 15.3 Å². The number of thioether (sulfide) groups is 1. The molecule has 3 nitrogen and oxygen atoms in total. The van der Waals surface area contributed by atoms with E-state index in [-0.39, 0.29) is 0 Å².